The molecule has 0 aliphatic rings. The highest BCUT2D eigenvalue weighted by Crippen LogP contribution is 2.35. The Morgan fingerprint density at radius 1 is 1.40 bits per heavy atom. The molecule has 0 unspecified atom stereocenters. The van der Waals surface area contributed by atoms with Gasteiger partial charge in [0.2, 0.25) is 0 Å². The number of aromatic nitrogens is 3. The second kappa shape index (κ2) is 5.60. The summed E-state index contributed by atoms with van der Waals surface area (Å²) in [5, 5.41) is 20.2. The zero-order valence-electron chi connectivity index (χ0n) is 11.4. The first kappa shape index (κ1) is 13.9. The molecule has 0 saturated carbocycles. The van der Waals surface area contributed by atoms with Crippen molar-refractivity contribution in [3.8, 4) is 22.8 Å². The van der Waals surface area contributed by atoms with Crippen LogP contribution in [0.3, 0.4) is 0 Å². The van der Waals surface area contributed by atoms with Gasteiger partial charge in [0.05, 0.1) is 19.3 Å². The van der Waals surface area contributed by atoms with Gasteiger partial charge in [0.15, 0.2) is 5.69 Å². The summed E-state index contributed by atoms with van der Waals surface area (Å²) in [7, 11) is 1.52. The van der Waals surface area contributed by atoms with Gasteiger partial charge < -0.3 is 14.6 Å². The van der Waals surface area contributed by atoms with E-state index >= 15 is 0 Å². The summed E-state index contributed by atoms with van der Waals surface area (Å²) in [6.45, 7) is 3.66. The lowest BCUT2D eigenvalue weighted by molar-refractivity contribution is 0.0520. The molecule has 7 heteroatoms. The van der Waals surface area contributed by atoms with Crippen LogP contribution in [0.15, 0.2) is 12.1 Å². The van der Waals surface area contributed by atoms with Crippen LogP contribution in [0.2, 0.25) is 0 Å². The standard InChI is InChI=1S/C13H15N3O4/c1-4-20-13(18)11-10(14-16-15-11)9-6-8(19-3)5-7(2)12(9)17/h5-6,17H,4H2,1-3H3,(H,14,15,16). The lowest BCUT2D eigenvalue weighted by Crippen LogP contribution is -2.07. The van der Waals surface area contributed by atoms with Crippen LogP contribution in [-0.2, 0) is 4.74 Å². The minimum absolute atomic E-state index is 0.0187. The first-order valence-corrected chi connectivity index (χ1v) is 6.04. The van der Waals surface area contributed by atoms with E-state index in [1.54, 1.807) is 26.0 Å². The van der Waals surface area contributed by atoms with Crippen LogP contribution < -0.4 is 4.74 Å². The monoisotopic (exact) mass is 277 g/mol. The highest BCUT2D eigenvalue weighted by molar-refractivity contribution is 5.95. The number of aryl methyl sites for hydroxylation is 1. The van der Waals surface area contributed by atoms with Crippen molar-refractivity contribution < 1.29 is 19.4 Å². The third-order valence-electron chi connectivity index (χ3n) is 2.78. The Balaban J connectivity index is 2.55. The van der Waals surface area contributed by atoms with Gasteiger partial charge in [0.25, 0.3) is 0 Å². The van der Waals surface area contributed by atoms with Gasteiger partial charge in [-0.1, -0.05) is 0 Å². The number of H-pyrrole nitrogens is 1. The Morgan fingerprint density at radius 3 is 2.80 bits per heavy atom. The van der Waals surface area contributed by atoms with E-state index in [9.17, 15) is 9.90 Å². The molecule has 2 rings (SSSR count). The van der Waals surface area contributed by atoms with Crippen molar-refractivity contribution in [1.82, 2.24) is 15.4 Å². The highest BCUT2D eigenvalue weighted by Gasteiger charge is 2.22. The number of carbonyl (C=O) groups is 1. The molecule has 0 bridgehead atoms. The molecular weight excluding hydrogens is 262 g/mol. The van der Waals surface area contributed by atoms with Gasteiger partial charge in [-0.15, -0.1) is 5.10 Å². The lowest BCUT2D eigenvalue weighted by Gasteiger charge is -2.09. The summed E-state index contributed by atoms with van der Waals surface area (Å²) in [5.74, 6) is -0.0329. The molecule has 7 nitrogen and oxygen atoms in total. The maximum atomic E-state index is 11.8. The van der Waals surface area contributed by atoms with Crippen molar-refractivity contribution in [2.45, 2.75) is 13.8 Å². The van der Waals surface area contributed by atoms with E-state index in [4.69, 9.17) is 9.47 Å². The van der Waals surface area contributed by atoms with Crippen molar-refractivity contribution in [2.24, 2.45) is 0 Å². The molecule has 0 fully saturated rings. The van der Waals surface area contributed by atoms with Crippen molar-refractivity contribution in [3.63, 3.8) is 0 Å². The number of hydrogen-bond acceptors (Lipinski definition) is 6. The van der Waals surface area contributed by atoms with Gasteiger partial charge in [-0.25, -0.2) is 4.79 Å². The van der Waals surface area contributed by atoms with E-state index in [0.29, 0.717) is 16.9 Å². The van der Waals surface area contributed by atoms with Gasteiger partial charge in [0, 0.05) is 0 Å². The van der Waals surface area contributed by atoms with Crippen LogP contribution in [0.4, 0.5) is 0 Å². The molecule has 106 valence electrons. The molecule has 20 heavy (non-hydrogen) atoms. The number of aromatic hydroxyl groups is 1. The third-order valence-corrected chi connectivity index (χ3v) is 2.78. The van der Waals surface area contributed by atoms with Crippen molar-refractivity contribution >= 4 is 5.97 Å². The fourth-order valence-corrected chi connectivity index (χ4v) is 1.81. The van der Waals surface area contributed by atoms with Crippen LogP contribution in [0, 0.1) is 6.92 Å². The summed E-state index contributed by atoms with van der Waals surface area (Å²) >= 11 is 0. The fourth-order valence-electron chi connectivity index (χ4n) is 1.81. The summed E-state index contributed by atoms with van der Waals surface area (Å²) < 4.78 is 10.1. The number of methoxy groups -OCH3 is 1. The minimum atomic E-state index is -0.601. The predicted octanol–water partition coefficient (Wildman–Crippen LogP) is 1.67. The summed E-state index contributed by atoms with van der Waals surface area (Å²) in [6, 6.07) is 3.27. The zero-order valence-corrected chi connectivity index (χ0v) is 11.4. The van der Waals surface area contributed by atoms with Gasteiger partial charge >= 0.3 is 5.97 Å². The number of rotatable bonds is 4. The molecule has 0 spiro atoms. The Hall–Kier alpha value is -2.57. The molecule has 2 N–H and O–H groups in total. The molecule has 0 aliphatic heterocycles. The number of benzene rings is 1. The lowest BCUT2D eigenvalue weighted by atomic mass is 10.0. The highest BCUT2D eigenvalue weighted by atomic mass is 16.5. The number of aromatic amines is 1. The average molecular weight is 277 g/mol. The number of nitrogens with one attached hydrogen (secondary N) is 1. The first-order chi connectivity index (χ1) is 9.58. The van der Waals surface area contributed by atoms with Crippen molar-refractivity contribution in [1.29, 1.82) is 0 Å². The second-order valence-corrected chi connectivity index (χ2v) is 4.08. The van der Waals surface area contributed by atoms with Gasteiger partial charge in [-0.3, -0.25) is 0 Å². The number of hydrogen-bond donors (Lipinski definition) is 2. The van der Waals surface area contributed by atoms with E-state index < -0.39 is 5.97 Å². The number of nitrogens with zero attached hydrogens (tertiary/aromatic N) is 2. The SMILES string of the molecule is CCOC(=O)c1n[nH]nc1-c1cc(OC)cc(C)c1O. The summed E-state index contributed by atoms with van der Waals surface area (Å²) in [4.78, 5) is 11.8. The molecule has 0 saturated heterocycles. The molecule has 1 aromatic heterocycles. The van der Waals surface area contributed by atoms with E-state index in [1.165, 1.54) is 7.11 Å². The Bertz CT molecular complexity index is 637. The van der Waals surface area contributed by atoms with E-state index in [0.717, 1.165) is 0 Å². The van der Waals surface area contributed by atoms with Gasteiger partial charge in [-0.2, -0.15) is 10.3 Å². The van der Waals surface area contributed by atoms with Crippen molar-refractivity contribution in [3.05, 3.63) is 23.4 Å². The number of carbonyl (C=O) groups excluding carboxylic acids is 1. The molecule has 0 radical (unpaired) electrons. The van der Waals surface area contributed by atoms with E-state index in [-0.39, 0.29) is 23.7 Å². The smallest absolute Gasteiger partial charge is 0.361 e. The first-order valence-electron chi connectivity index (χ1n) is 6.04. The predicted molar refractivity (Wildman–Crippen MR) is 70.7 cm³/mol. The summed E-state index contributed by atoms with van der Waals surface area (Å²) in [6.07, 6.45) is 0. The number of esters is 1. The molecular formula is C13H15N3O4. The normalized spacial score (nSPS) is 10.3. The maximum Gasteiger partial charge on any atom is 0.361 e. The number of phenols is 1. The van der Waals surface area contributed by atoms with E-state index in [1.807, 2.05) is 0 Å². The topological polar surface area (TPSA) is 97.3 Å². The van der Waals surface area contributed by atoms with Crippen LogP contribution in [0.25, 0.3) is 11.3 Å². The van der Waals surface area contributed by atoms with Crippen LogP contribution in [-0.4, -0.2) is 40.2 Å². The van der Waals surface area contributed by atoms with Crippen molar-refractivity contribution in [2.75, 3.05) is 13.7 Å². The van der Waals surface area contributed by atoms with E-state index in [2.05, 4.69) is 15.4 Å². The fraction of sp³-hybridized carbons (Fsp3) is 0.308. The van der Waals surface area contributed by atoms with Crippen LogP contribution in [0.5, 0.6) is 11.5 Å². The Morgan fingerprint density at radius 2 is 2.15 bits per heavy atom. The average Bonchev–Trinajstić information content (AvgIpc) is 2.91. The molecule has 1 aromatic carbocycles. The van der Waals surface area contributed by atoms with Gasteiger partial charge in [-0.05, 0) is 31.5 Å². The minimum Gasteiger partial charge on any atom is -0.507 e. The molecule has 2 aromatic rings. The summed E-state index contributed by atoms with van der Waals surface area (Å²) in [5.41, 5.74) is 1.22. The molecule has 0 atom stereocenters. The van der Waals surface area contributed by atoms with Crippen LogP contribution >= 0.6 is 0 Å². The number of phenolic OH excluding ortho intramolecular Hbond substituents is 1. The quantitative estimate of drug-likeness (QED) is 0.825. The molecule has 1 heterocycles. The third kappa shape index (κ3) is 2.42. The van der Waals surface area contributed by atoms with Gasteiger partial charge in [0.1, 0.15) is 17.2 Å². The number of ether oxygens (including phenoxy) is 2. The molecule has 0 amide bonds. The molecule has 0 aliphatic carbocycles. The maximum absolute atomic E-state index is 11.8. The second-order valence-electron chi connectivity index (χ2n) is 4.08. The Kier molecular flexibility index (Phi) is 3.88. The van der Waals surface area contributed by atoms with Crippen LogP contribution in [0.1, 0.15) is 23.0 Å². The zero-order chi connectivity index (χ0) is 14.7. The largest absolute Gasteiger partial charge is 0.507 e. The Labute approximate surface area is 115 Å².